The highest BCUT2D eigenvalue weighted by molar-refractivity contribution is 7.17. The Labute approximate surface area is 144 Å². The first-order valence-electron chi connectivity index (χ1n) is 8.12. The van der Waals surface area contributed by atoms with E-state index < -0.39 is 0 Å². The van der Waals surface area contributed by atoms with Crippen LogP contribution in [0.15, 0.2) is 34.2 Å². The maximum Gasteiger partial charge on any atom is 0.278 e. The number of aromatic nitrogens is 1. The summed E-state index contributed by atoms with van der Waals surface area (Å²) in [5, 5.41) is 10.1. The van der Waals surface area contributed by atoms with Crippen LogP contribution in [0.5, 0.6) is 0 Å². The molecule has 124 valence electrons. The molecule has 6 heteroatoms. The zero-order valence-electron chi connectivity index (χ0n) is 13.7. The van der Waals surface area contributed by atoms with Crippen molar-refractivity contribution in [2.75, 3.05) is 11.9 Å². The molecule has 0 unspecified atom stereocenters. The number of carbonyl (C=O) groups is 1. The quantitative estimate of drug-likeness (QED) is 0.785. The highest BCUT2D eigenvalue weighted by Gasteiger charge is 2.28. The Morgan fingerprint density at radius 2 is 2.21 bits per heavy atom. The van der Waals surface area contributed by atoms with E-state index in [1.165, 1.54) is 0 Å². The maximum absolute atomic E-state index is 12.7. The smallest absolute Gasteiger partial charge is 0.278 e. The van der Waals surface area contributed by atoms with Crippen LogP contribution in [0.1, 0.15) is 35.7 Å². The molecule has 0 aliphatic carbocycles. The molecule has 0 bridgehead atoms. The molecular weight excluding hydrogens is 322 g/mol. The molecule has 1 N–H and O–H groups in total. The molecular formula is C18H19N3O2S. The average molecular weight is 341 g/mol. The number of hydrogen-bond acceptors (Lipinski definition) is 5. The molecule has 0 atom stereocenters. The lowest BCUT2D eigenvalue weighted by Gasteiger charge is -2.29. The summed E-state index contributed by atoms with van der Waals surface area (Å²) in [4.78, 5) is 15.0. The molecule has 0 radical (unpaired) electrons. The molecule has 5 nitrogen and oxygen atoms in total. The van der Waals surface area contributed by atoms with Crippen LogP contribution in [0.2, 0.25) is 0 Å². The van der Waals surface area contributed by atoms with Crippen molar-refractivity contribution in [2.45, 2.75) is 32.9 Å². The van der Waals surface area contributed by atoms with Gasteiger partial charge in [0.1, 0.15) is 5.76 Å². The Morgan fingerprint density at radius 1 is 1.38 bits per heavy atom. The van der Waals surface area contributed by atoms with Gasteiger partial charge >= 0.3 is 0 Å². The van der Waals surface area contributed by atoms with Crippen LogP contribution >= 0.6 is 11.3 Å². The average Bonchev–Trinajstić information content (AvgIpc) is 3.18. The van der Waals surface area contributed by atoms with Crippen LogP contribution in [-0.4, -0.2) is 28.6 Å². The fraction of sp³-hybridized carbons (Fsp3) is 0.333. The number of thiophene rings is 1. The zero-order chi connectivity index (χ0) is 16.7. The number of fused-ring (bicyclic) bond motifs is 2. The number of benzene rings is 1. The van der Waals surface area contributed by atoms with Crippen molar-refractivity contribution in [2.24, 2.45) is 0 Å². The minimum Gasteiger partial charge on any atom is -0.360 e. The molecule has 0 saturated heterocycles. The van der Waals surface area contributed by atoms with Crippen LogP contribution in [-0.2, 0) is 13.0 Å². The Bertz CT molecular complexity index is 897. The van der Waals surface area contributed by atoms with E-state index >= 15 is 0 Å². The lowest BCUT2D eigenvalue weighted by atomic mass is 10.0. The van der Waals surface area contributed by atoms with Gasteiger partial charge in [-0.3, -0.25) is 9.69 Å². The van der Waals surface area contributed by atoms with E-state index in [0.29, 0.717) is 18.3 Å². The Morgan fingerprint density at radius 3 is 3.04 bits per heavy atom. The zero-order valence-corrected chi connectivity index (χ0v) is 14.5. The molecule has 3 aromatic rings. The van der Waals surface area contributed by atoms with Gasteiger partial charge in [0.05, 0.1) is 5.69 Å². The first kappa shape index (κ1) is 15.4. The van der Waals surface area contributed by atoms with Gasteiger partial charge in [0.15, 0.2) is 5.69 Å². The van der Waals surface area contributed by atoms with Gasteiger partial charge in [-0.25, -0.2) is 0 Å². The van der Waals surface area contributed by atoms with Crippen LogP contribution in [0.4, 0.5) is 5.69 Å². The lowest BCUT2D eigenvalue weighted by Crippen LogP contribution is -2.36. The lowest BCUT2D eigenvalue weighted by molar-refractivity contribution is 0.101. The minimum absolute atomic E-state index is 0.200. The summed E-state index contributed by atoms with van der Waals surface area (Å²) in [5.74, 6) is 0.640. The molecule has 1 aliphatic rings. The number of nitrogens with one attached hydrogen (secondary N) is 1. The topological polar surface area (TPSA) is 58.4 Å². The Hall–Kier alpha value is -2.18. The van der Waals surface area contributed by atoms with Gasteiger partial charge in [0, 0.05) is 46.6 Å². The van der Waals surface area contributed by atoms with E-state index in [1.807, 2.05) is 29.6 Å². The number of amides is 1. The number of anilines is 1. The third-order valence-corrected chi connectivity index (χ3v) is 5.49. The van der Waals surface area contributed by atoms with Crippen molar-refractivity contribution in [1.82, 2.24) is 10.1 Å². The summed E-state index contributed by atoms with van der Waals surface area (Å²) in [6.07, 6.45) is 0.801. The van der Waals surface area contributed by atoms with E-state index in [0.717, 1.165) is 40.1 Å². The van der Waals surface area contributed by atoms with Gasteiger partial charge < -0.3 is 9.84 Å². The summed E-state index contributed by atoms with van der Waals surface area (Å²) in [7, 11) is 0. The van der Waals surface area contributed by atoms with Crippen molar-refractivity contribution in [1.29, 1.82) is 0 Å². The van der Waals surface area contributed by atoms with Crippen molar-refractivity contribution >= 4 is 33.0 Å². The first-order chi connectivity index (χ1) is 11.6. The summed E-state index contributed by atoms with van der Waals surface area (Å²) < 4.78 is 6.56. The summed E-state index contributed by atoms with van der Waals surface area (Å²) in [5.41, 5.74) is 2.16. The van der Waals surface area contributed by atoms with Crippen LogP contribution in [0.25, 0.3) is 10.1 Å². The van der Waals surface area contributed by atoms with Crippen molar-refractivity contribution < 1.29 is 9.32 Å². The van der Waals surface area contributed by atoms with E-state index in [2.05, 4.69) is 29.2 Å². The summed E-state index contributed by atoms with van der Waals surface area (Å²) in [6, 6.07) is 8.47. The molecule has 1 amide bonds. The van der Waals surface area contributed by atoms with Gasteiger partial charge in [-0.2, -0.15) is 0 Å². The van der Waals surface area contributed by atoms with E-state index in [4.69, 9.17) is 4.52 Å². The van der Waals surface area contributed by atoms with E-state index in [9.17, 15) is 4.79 Å². The van der Waals surface area contributed by atoms with Gasteiger partial charge in [-0.15, -0.1) is 11.3 Å². The maximum atomic E-state index is 12.7. The summed E-state index contributed by atoms with van der Waals surface area (Å²) in [6.45, 7) is 5.98. The fourth-order valence-corrected chi connectivity index (χ4v) is 4.00. The van der Waals surface area contributed by atoms with E-state index in [-0.39, 0.29) is 5.91 Å². The highest BCUT2D eigenvalue weighted by atomic mass is 32.1. The van der Waals surface area contributed by atoms with Crippen LogP contribution in [0.3, 0.4) is 0 Å². The third-order valence-electron chi connectivity index (χ3n) is 4.53. The third kappa shape index (κ3) is 2.61. The predicted molar refractivity (Wildman–Crippen MR) is 95.5 cm³/mol. The second kappa shape index (κ2) is 6.03. The molecule has 2 aromatic heterocycles. The minimum atomic E-state index is -0.200. The highest BCUT2D eigenvalue weighted by Crippen LogP contribution is 2.31. The van der Waals surface area contributed by atoms with Gasteiger partial charge in [-0.05, 0) is 19.9 Å². The molecule has 0 spiro atoms. The molecule has 0 saturated carbocycles. The van der Waals surface area contributed by atoms with Crippen molar-refractivity contribution in [3.63, 3.8) is 0 Å². The molecule has 4 rings (SSSR count). The van der Waals surface area contributed by atoms with Crippen molar-refractivity contribution in [3.8, 4) is 0 Å². The molecule has 3 heterocycles. The molecule has 0 fully saturated rings. The fourth-order valence-electron chi connectivity index (χ4n) is 3.11. The van der Waals surface area contributed by atoms with Gasteiger partial charge in [0.25, 0.3) is 5.91 Å². The monoisotopic (exact) mass is 341 g/mol. The van der Waals surface area contributed by atoms with Gasteiger partial charge in [0.2, 0.25) is 0 Å². The van der Waals surface area contributed by atoms with E-state index in [1.54, 1.807) is 11.3 Å². The predicted octanol–water partition coefficient (Wildman–Crippen LogP) is 3.91. The van der Waals surface area contributed by atoms with Crippen molar-refractivity contribution in [3.05, 3.63) is 46.7 Å². The molecule has 24 heavy (non-hydrogen) atoms. The van der Waals surface area contributed by atoms with Gasteiger partial charge in [-0.1, -0.05) is 23.4 Å². The Balaban J connectivity index is 1.61. The number of carbonyl (C=O) groups excluding carboxylic acids is 1. The number of hydrogen-bond donors (Lipinski definition) is 1. The Kier molecular flexibility index (Phi) is 3.86. The molecule has 1 aromatic carbocycles. The summed E-state index contributed by atoms with van der Waals surface area (Å²) >= 11 is 1.62. The van der Waals surface area contributed by atoms with Crippen LogP contribution in [0, 0.1) is 0 Å². The second-order valence-corrected chi connectivity index (χ2v) is 7.26. The second-order valence-electron chi connectivity index (χ2n) is 6.35. The standard InChI is InChI=1S/C18H19N3O2S/c1-11(2)21-8-7-15-13(9-21)17(20-23-15)18(22)19-14-10-24-16-6-4-3-5-12(14)16/h3-6,10-11H,7-9H2,1-2H3,(H,19,22). The first-order valence-corrected chi connectivity index (χ1v) is 9.00. The largest absolute Gasteiger partial charge is 0.360 e. The normalized spacial score (nSPS) is 15.0. The molecule has 1 aliphatic heterocycles. The SMILES string of the molecule is CC(C)N1CCc2onc(C(=O)Nc3csc4ccccc34)c2C1. The van der Waals surface area contributed by atoms with Crippen LogP contribution < -0.4 is 5.32 Å². The number of nitrogens with zero attached hydrogens (tertiary/aromatic N) is 2. The number of rotatable bonds is 3.